The Morgan fingerprint density at radius 3 is 1.93 bits per heavy atom. The van der Waals surface area contributed by atoms with E-state index in [2.05, 4.69) is 20.3 Å². The molecule has 8 nitrogen and oxygen atoms in total. The lowest BCUT2D eigenvalue weighted by atomic mass is 10.5. The number of anilines is 3. The van der Waals surface area contributed by atoms with Gasteiger partial charge in [-0.1, -0.05) is 6.92 Å². The van der Waals surface area contributed by atoms with Crippen LogP contribution in [-0.2, 0) is 0 Å². The number of rotatable bonds is 5. The molecule has 8 heteroatoms. The molecule has 1 heterocycles. The highest BCUT2D eigenvalue weighted by Gasteiger charge is 2.03. The first-order valence-electron chi connectivity index (χ1n) is 4.10. The normalized spacial score (nSPS) is 9.64. The summed E-state index contributed by atoms with van der Waals surface area (Å²) in [5.41, 5.74) is 3.53. The maximum Gasteiger partial charge on any atom is 0.253 e. The summed E-state index contributed by atoms with van der Waals surface area (Å²) in [4.78, 5) is 11.2. The van der Waals surface area contributed by atoms with Crippen molar-refractivity contribution in [3.63, 3.8) is 0 Å². The maximum atomic E-state index is 8.57. The number of aromatic nitrogens is 3. The van der Waals surface area contributed by atoms with Crippen LogP contribution in [0.5, 0.6) is 0 Å². The minimum atomic E-state index is -0.0462. The zero-order chi connectivity index (χ0) is 10.4. The average molecular weight is 200 g/mol. The van der Waals surface area contributed by atoms with E-state index >= 15 is 0 Å². The van der Waals surface area contributed by atoms with Gasteiger partial charge in [-0.3, -0.25) is 10.4 Å². The Morgan fingerprint density at radius 2 is 1.50 bits per heavy atom. The van der Waals surface area contributed by atoms with Gasteiger partial charge in [0.05, 0.1) is 0 Å². The second-order valence-corrected chi connectivity index (χ2v) is 2.46. The molecule has 1 aromatic heterocycles. The molecular formula is C6H12N6O2. The van der Waals surface area contributed by atoms with Gasteiger partial charge < -0.3 is 5.32 Å². The highest BCUT2D eigenvalue weighted by atomic mass is 16.5. The molecule has 0 aliphatic heterocycles. The number of nitrogens with zero attached hydrogens (tertiary/aromatic N) is 3. The molecule has 0 aromatic carbocycles. The lowest BCUT2D eigenvalue weighted by Gasteiger charge is -2.05. The smallest absolute Gasteiger partial charge is 0.253 e. The van der Waals surface area contributed by atoms with E-state index < -0.39 is 0 Å². The minimum absolute atomic E-state index is 0.0462. The van der Waals surface area contributed by atoms with Crippen LogP contribution in [-0.4, -0.2) is 31.9 Å². The third-order valence-electron chi connectivity index (χ3n) is 1.37. The van der Waals surface area contributed by atoms with Crippen LogP contribution >= 0.6 is 0 Å². The Labute approximate surface area is 80.3 Å². The predicted molar refractivity (Wildman–Crippen MR) is 49.4 cm³/mol. The summed E-state index contributed by atoms with van der Waals surface area (Å²) in [5, 5.41) is 20.0. The van der Waals surface area contributed by atoms with Crippen molar-refractivity contribution in [2.45, 2.75) is 13.3 Å². The van der Waals surface area contributed by atoms with Gasteiger partial charge in [0.1, 0.15) is 0 Å². The number of hydrogen-bond donors (Lipinski definition) is 5. The molecule has 1 aromatic rings. The highest BCUT2D eigenvalue weighted by Crippen LogP contribution is 2.07. The van der Waals surface area contributed by atoms with Crippen LogP contribution in [0.2, 0.25) is 0 Å². The molecule has 78 valence electrons. The standard InChI is InChI=1S/C6H12N6O2/c1-2-3-7-4-8-5(11-13)10-6(9-4)12-14/h13-14H,2-3H2,1H3,(H3,7,8,9,10,11,12). The Morgan fingerprint density at radius 1 is 1.00 bits per heavy atom. The van der Waals surface area contributed by atoms with Gasteiger partial charge in [0, 0.05) is 6.54 Å². The van der Waals surface area contributed by atoms with Crippen molar-refractivity contribution < 1.29 is 10.4 Å². The summed E-state index contributed by atoms with van der Waals surface area (Å²) < 4.78 is 0. The van der Waals surface area contributed by atoms with Crippen molar-refractivity contribution in [2.75, 3.05) is 22.8 Å². The summed E-state index contributed by atoms with van der Waals surface area (Å²) in [7, 11) is 0. The molecule has 0 spiro atoms. The van der Waals surface area contributed by atoms with Crippen molar-refractivity contribution in [3.05, 3.63) is 0 Å². The Balaban J connectivity index is 2.81. The lowest BCUT2D eigenvalue weighted by molar-refractivity contribution is 0.375. The summed E-state index contributed by atoms with van der Waals surface area (Å²) in [6.07, 6.45) is 0.912. The molecule has 0 bridgehead atoms. The fraction of sp³-hybridized carbons (Fsp3) is 0.500. The van der Waals surface area contributed by atoms with Gasteiger partial charge in [-0.15, -0.1) is 0 Å². The SMILES string of the molecule is CCCNc1nc(NO)nc(NO)n1. The van der Waals surface area contributed by atoms with Gasteiger partial charge in [-0.25, -0.2) is 11.0 Å². The molecule has 0 atom stereocenters. The molecular weight excluding hydrogens is 188 g/mol. The van der Waals surface area contributed by atoms with E-state index in [4.69, 9.17) is 10.4 Å². The zero-order valence-corrected chi connectivity index (χ0v) is 7.65. The van der Waals surface area contributed by atoms with Crippen molar-refractivity contribution in [1.29, 1.82) is 0 Å². The van der Waals surface area contributed by atoms with E-state index in [0.717, 1.165) is 6.42 Å². The number of nitrogens with one attached hydrogen (secondary N) is 3. The van der Waals surface area contributed by atoms with Gasteiger partial charge in [-0.05, 0) is 6.42 Å². The Bertz CT molecular complexity index is 271. The average Bonchev–Trinajstić information content (AvgIpc) is 2.25. The third-order valence-corrected chi connectivity index (χ3v) is 1.37. The van der Waals surface area contributed by atoms with E-state index in [1.165, 1.54) is 0 Å². The fourth-order valence-electron chi connectivity index (χ4n) is 0.792. The summed E-state index contributed by atoms with van der Waals surface area (Å²) in [5.74, 6) is 0.181. The van der Waals surface area contributed by atoms with E-state index in [9.17, 15) is 0 Å². The largest absolute Gasteiger partial charge is 0.354 e. The van der Waals surface area contributed by atoms with E-state index in [1.807, 2.05) is 6.92 Å². The quantitative estimate of drug-likeness (QED) is 0.431. The summed E-state index contributed by atoms with van der Waals surface area (Å²) in [6.45, 7) is 2.68. The van der Waals surface area contributed by atoms with Crippen LogP contribution in [0.3, 0.4) is 0 Å². The topological polar surface area (TPSA) is 115 Å². The Hall–Kier alpha value is -1.67. The summed E-state index contributed by atoms with van der Waals surface area (Å²) in [6, 6.07) is 0. The Kier molecular flexibility index (Phi) is 3.83. The first-order chi connectivity index (χ1) is 6.80. The van der Waals surface area contributed by atoms with Crippen LogP contribution in [0, 0.1) is 0 Å². The van der Waals surface area contributed by atoms with Crippen LogP contribution in [0.4, 0.5) is 17.8 Å². The second kappa shape index (κ2) is 5.14. The van der Waals surface area contributed by atoms with Gasteiger partial charge in [0.25, 0.3) is 11.9 Å². The molecule has 14 heavy (non-hydrogen) atoms. The molecule has 1 rings (SSSR count). The predicted octanol–water partition coefficient (Wildman–Crippen LogP) is 0.296. The molecule has 0 radical (unpaired) electrons. The van der Waals surface area contributed by atoms with Gasteiger partial charge in [0.15, 0.2) is 0 Å². The zero-order valence-electron chi connectivity index (χ0n) is 7.65. The monoisotopic (exact) mass is 200 g/mol. The molecule has 0 saturated carbocycles. The van der Waals surface area contributed by atoms with Crippen LogP contribution in [0.15, 0.2) is 0 Å². The fourth-order valence-corrected chi connectivity index (χ4v) is 0.792. The van der Waals surface area contributed by atoms with E-state index in [-0.39, 0.29) is 17.8 Å². The van der Waals surface area contributed by atoms with Crippen molar-refractivity contribution in [1.82, 2.24) is 15.0 Å². The highest BCUT2D eigenvalue weighted by molar-refractivity contribution is 5.39. The molecule has 0 unspecified atom stereocenters. The molecule has 0 amide bonds. The van der Waals surface area contributed by atoms with Gasteiger partial charge >= 0.3 is 0 Å². The third kappa shape index (κ3) is 2.68. The second-order valence-electron chi connectivity index (χ2n) is 2.46. The first-order valence-corrected chi connectivity index (χ1v) is 4.10. The molecule has 0 saturated heterocycles. The van der Waals surface area contributed by atoms with Gasteiger partial charge in [0.2, 0.25) is 5.95 Å². The molecule has 0 aliphatic carbocycles. The maximum absolute atomic E-state index is 8.57. The summed E-state index contributed by atoms with van der Waals surface area (Å²) >= 11 is 0. The lowest BCUT2D eigenvalue weighted by Crippen LogP contribution is -2.10. The van der Waals surface area contributed by atoms with Crippen molar-refractivity contribution in [2.24, 2.45) is 0 Å². The molecule has 0 fully saturated rings. The van der Waals surface area contributed by atoms with Crippen LogP contribution in [0.25, 0.3) is 0 Å². The van der Waals surface area contributed by atoms with Crippen molar-refractivity contribution >= 4 is 17.8 Å². The van der Waals surface area contributed by atoms with Crippen LogP contribution < -0.4 is 16.3 Å². The first kappa shape index (κ1) is 10.4. The minimum Gasteiger partial charge on any atom is -0.354 e. The number of hydrogen-bond acceptors (Lipinski definition) is 8. The van der Waals surface area contributed by atoms with E-state index in [1.54, 1.807) is 11.0 Å². The van der Waals surface area contributed by atoms with Gasteiger partial charge in [-0.2, -0.15) is 15.0 Å². The van der Waals surface area contributed by atoms with Crippen LogP contribution in [0.1, 0.15) is 13.3 Å². The van der Waals surface area contributed by atoms with E-state index in [0.29, 0.717) is 6.54 Å². The molecule has 0 aliphatic rings. The molecule has 5 N–H and O–H groups in total. The van der Waals surface area contributed by atoms with Crippen molar-refractivity contribution in [3.8, 4) is 0 Å².